The maximum Gasteiger partial charge on any atom is 0.278 e. The fourth-order valence-corrected chi connectivity index (χ4v) is 2.63. The van der Waals surface area contributed by atoms with Gasteiger partial charge in [-0.1, -0.05) is 30.3 Å². The summed E-state index contributed by atoms with van der Waals surface area (Å²) in [6.45, 7) is 0. The lowest BCUT2D eigenvalue weighted by Gasteiger charge is -1.98. The predicted molar refractivity (Wildman–Crippen MR) is 94.7 cm³/mol. The van der Waals surface area contributed by atoms with E-state index in [0.717, 1.165) is 5.52 Å². The standard InChI is InChI=1S/C17H12N6O3/c24-17(16-12-6-1-2-7-13(12)19-22-16)18-15-9-14(20-21-15)10-4-3-5-11(8-10)23(25)26/h1-9H,(H,19,22)(H2,18,20,21,24). The fraction of sp³-hybridized carbons (Fsp3) is 0. The van der Waals surface area contributed by atoms with Gasteiger partial charge in [0.15, 0.2) is 11.5 Å². The molecule has 0 saturated heterocycles. The van der Waals surface area contributed by atoms with Crippen LogP contribution in [0.4, 0.5) is 11.5 Å². The van der Waals surface area contributed by atoms with Gasteiger partial charge in [-0.05, 0) is 6.07 Å². The summed E-state index contributed by atoms with van der Waals surface area (Å²) in [6.07, 6.45) is 0. The average Bonchev–Trinajstić information content (AvgIpc) is 3.28. The van der Waals surface area contributed by atoms with Crippen molar-refractivity contribution < 1.29 is 9.72 Å². The van der Waals surface area contributed by atoms with Crippen LogP contribution in [0.3, 0.4) is 0 Å². The van der Waals surface area contributed by atoms with Gasteiger partial charge in [0.05, 0.1) is 16.1 Å². The molecular weight excluding hydrogens is 336 g/mol. The zero-order valence-corrected chi connectivity index (χ0v) is 13.3. The molecule has 2 heterocycles. The van der Waals surface area contributed by atoms with Gasteiger partial charge < -0.3 is 5.32 Å². The number of nitrogens with one attached hydrogen (secondary N) is 3. The maximum atomic E-state index is 12.4. The minimum Gasteiger partial charge on any atom is -0.304 e. The van der Waals surface area contributed by atoms with E-state index < -0.39 is 10.8 Å². The number of amides is 1. The van der Waals surface area contributed by atoms with E-state index in [0.29, 0.717) is 22.5 Å². The van der Waals surface area contributed by atoms with Gasteiger partial charge in [0.25, 0.3) is 11.6 Å². The number of rotatable bonds is 4. The van der Waals surface area contributed by atoms with E-state index in [1.165, 1.54) is 12.1 Å². The van der Waals surface area contributed by atoms with E-state index in [4.69, 9.17) is 0 Å². The van der Waals surface area contributed by atoms with Crippen LogP contribution in [-0.4, -0.2) is 31.2 Å². The summed E-state index contributed by atoms with van der Waals surface area (Å²) < 4.78 is 0. The second-order valence-corrected chi connectivity index (χ2v) is 5.55. The molecule has 3 N–H and O–H groups in total. The number of non-ortho nitro benzene ring substituents is 1. The molecule has 0 spiro atoms. The Labute approximate surface area is 146 Å². The molecule has 4 rings (SSSR count). The quantitative estimate of drug-likeness (QED) is 0.385. The minimum absolute atomic E-state index is 0.0225. The summed E-state index contributed by atoms with van der Waals surface area (Å²) in [7, 11) is 0. The minimum atomic E-state index is -0.467. The van der Waals surface area contributed by atoms with Gasteiger partial charge in [-0.15, -0.1) is 0 Å². The SMILES string of the molecule is O=C(Nc1cc(-c2cccc([N+](=O)[O-])c2)[nH]n1)c1n[nH]c2ccccc12. The van der Waals surface area contributed by atoms with Gasteiger partial charge in [0, 0.05) is 29.1 Å². The van der Waals surface area contributed by atoms with Crippen LogP contribution in [0.5, 0.6) is 0 Å². The van der Waals surface area contributed by atoms with E-state index in [9.17, 15) is 14.9 Å². The average molecular weight is 348 g/mol. The predicted octanol–water partition coefficient (Wildman–Crippen LogP) is 3.11. The summed E-state index contributed by atoms with van der Waals surface area (Å²) in [5, 5.41) is 27.9. The van der Waals surface area contributed by atoms with Crippen molar-refractivity contribution in [3.05, 3.63) is 70.4 Å². The van der Waals surface area contributed by atoms with Crippen molar-refractivity contribution in [2.75, 3.05) is 5.32 Å². The number of carbonyl (C=O) groups is 1. The van der Waals surface area contributed by atoms with E-state index in [1.807, 2.05) is 18.2 Å². The first-order valence-electron chi connectivity index (χ1n) is 7.66. The van der Waals surface area contributed by atoms with Crippen molar-refractivity contribution in [3.8, 4) is 11.3 Å². The third-order valence-corrected chi connectivity index (χ3v) is 3.87. The first-order valence-corrected chi connectivity index (χ1v) is 7.66. The number of para-hydroxylation sites is 1. The molecule has 2 aromatic heterocycles. The van der Waals surface area contributed by atoms with Crippen molar-refractivity contribution in [1.82, 2.24) is 20.4 Å². The van der Waals surface area contributed by atoms with Crippen LogP contribution < -0.4 is 5.32 Å². The maximum absolute atomic E-state index is 12.4. The summed E-state index contributed by atoms with van der Waals surface area (Å²) in [5.74, 6) is -0.108. The van der Waals surface area contributed by atoms with E-state index in [1.54, 1.807) is 24.3 Å². The molecule has 26 heavy (non-hydrogen) atoms. The summed E-state index contributed by atoms with van der Waals surface area (Å²) >= 11 is 0. The lowest BCUT2D eigenvalue weighted by molar-refractivity contribution is -0.384. The zero-order chi connectivity index (χ0) is 18.1. The lowest BCUT2D eigenvalue weighted by Crippen LogP contribution is -2.13. The number of carbonyl (C=O) groups excluding carboxylic acids is 1. The molecule has 9 nitrogen and oxygen atoms in total. The van der Waals surface area contributed by atoms with Crippen molar-refractivity contribution in [2.24, 2.45) is 0 Å². The van der Waals surface area contributed by atoms with Crippen molar-refractivity contribution in [1.29, 1.82) is 0 Å². The topological polar surface area (TPSA) is 130 Å². The largest absolute Gasteiger partial charge is 0.304 e. The Balaban J connectivity index is 1.58. The third kappa shape index (κ3) is 2.77. The number of nitrogens with zero attached hydrogens (tertiary/aromatic N) is 3. The second-order valence-electron chi connectivity index (χ2n) is 5.55. The Morgan fingerprint density at radius 3 is 2.73 bits per heavy atom. The molecule has 0 fully saturated rings. The number of benzene rings is 2. The Bertz CT molecular complexity index is 1130. The van der Waals surface area contributed by atoms with E-state index in [-0.39, 0.29) is 11.4 Å². The van der Waals surface area contributed by atoms with Crippen molar-refractivity contribution in [3.63, 3.8) is 0 Å². The number of hydrogen-bond acceptors (Lipinski definition) is 5. The third-order valence-electron chi connectivity index (χ3n) is 3.87. The normalized spacial score (nSPS) is 10.8. The highest BCUT2D eigenvalue weighted by Gasteiger charge is 2.16. The van der Waals surface area contributed by atoms with Crippen LogP contribution in [0.1, 0.15) is 10.5 Å². The second kappa shape index (κ2) is 6.13. The Morgan fingerprint density at radius 2 is 1.88 bits per heavy atom. The number of aromatic nitrogens is 4. The summed E-state index contributed by atoms with van der Waals surface area (Å²) in [4.78, 5) is 22.9. The van der Waals surface area contributed by atoms with Crippen LogP contribution in [0.2, 0.25) is 0 Å². The fourth-order valence-electron chi connectivity index (χ4n) is 2.63. The molecule has 0 atom stereocenters. The highest BCUT2D eigenvalue weighted by Crippen LogP contribution is 2.24. The molecule has 0 unspecified atom stereocenters. The molecule has 0 aliphatic heterocycles. The highest BCUT2D eigenvalue weighted by atomic mass is 16.6. The summed E-state index contributed by atoms with van der Waals surface area (Å²) in [5.41, 5.74) is 2.15. The molecule has 2 aromatic carbocycles. The number of fused-ring (bicyclic) bond motifs is 1. The Hall–Kier alpha value is -4.01. The smallest absolute Gasteiger partial charge is 0.278 e. The molecule has 128 valence electrons. The van der Waals surface area contributed by atoms with Crippen LogP contribution in [-0.2, 0) is 0 Å². The molecule has 9 heteroatoms. The molecule has 0 aliphatic rings. The molecular formula is C17H12N6O3. The number of anilines is 1. The van der Waals surface area contributed by atoms with Crippen molar-refractivity contribution >= 4 is 28.3 Å². The van der Waals surface area contributed by atoms with Crippen molar-refractivity contribution in [2.45, 2.75) is 0 Å². The number of H-pyrrole nitrogens is 2. The number of hydrogen-bond donors (Lipinski definition) is 3. The first kappa shape index (κ1) is 15.5. The van der Waals surface area contributed by atoms with Crippen LogP contribution in [0, 0.1) is 10.1 Å². The van der Waals surface area contributed by atoms with Gasteiger partial charge in [-0.2, -0.15) is 10.2 Å². The molecule has 1 amide bonds. The van der Waals surface area contributed by atoms with Crippen LogP contribution >= 0.6 is 0 Å². The van der Waals surface area contributed by atoms with E-state index >= 15 is 0 Å². The van der Waals surface area contributed by atoms with Gasteiger partial charge in [0.2, 0.25) is 0 Å². The number of nitro groups is 1. The monoisotopic (exact) mass is 348 g/mol. The molecule has 4 aromatic rings. The molecule has 0 bridgehead atoms. The molecule has 0 radical (unpaired) electrons. The Kier molecular flexibility index (Phi) is 3.66. The lowest BCUT2D eigenvalue weighted by atomic mass is 10.1. The van der Waals surface area contributed by atoms with Gasteiger partial charge in [0.1, 0.15) is 0 Å². The first-order chi connectivity index (χ1) is 12.6. The van der Waals surface area contributed by atoms with Gasteiger partial charge in [-0.3, -0.25) is 25.1 Å². The number of aromatic amines is 2. The Morgan fingerprint density at radius 1 is 1.04 bits per heavy atom. The van der Waals surface area contributed by atoms with Gasteiger partial charge in [-0.25, -0.2) is 0 Å². The van der Waals surface area contributed by atoms with Crippen LogP contribution in [0.25, 0.3) is 22.2 Å². The number of nitro benzene ring substituents is 1. The molecule has 0 aliphatic carbocycles. The summed E-state index contributed by atoms with van der Waals surface area (Å²) in [6, 6.07) is 15.0. The van der Waals surface area contributed by atoms with Gasteiger partial charge >= 0.3 is 0 Å². The van der Waals surface area contributed by atoms with Crippen LogP contribution in [0.15, 0.2) is 54.6 Å². The van der Waals surface area contributed by atoms with E-state index in [2.05, 4.69) is 25.7 Å². The zero-order valence-electron chi connectivity index (χ0n) is 13.3. The molecule has 0 saturated carbocycles. The highest BCUT2D eigenvalue weighted by molar-refractivity contribution is 6.10.